The van der Waals surface area contributed by atoms with Crippen molar-refractivity contribution in [2.45, 2.75) is 33.7 Å². The SMILES string of the molecule is C=CCOc1ccc(C2c3c(oc4cc(C)c(C)cc4c3=O)C(=O)N2c2nnc(C)s2)cc1OCC. The van der Waals surface area contributed by atoms with Gasteiger partial charge < -0.3 is 13.9 Å². The fourth-order valence-corrected chi connectivity index (χ4v) is 5.07. The highest BCUT2D eigenvalue weighted by Gasteiger charge is 2.45. The summed E-state index contributed by atoms with van der Waals surface area (Å²) in [5.41, 5.74) is 3.01. The molecule has 0 saturated carbocycles. The van der Waals surface area contributed by atoms with Crippen LogP contribution in [0.5, 0.6) is 11.5 Å². The molecule has 0 spiro atoms. The highest BCUT2D eigenvalue weighted by Crippen LogP contribution is 2.44. The Bertz CT molecular complexity index is 1570. The lowest BCUT2D eigenvalue weighted by Gasteiger charge is -2.23. The number of nitrogens with zero attached hydrogens (tertiary/aromatic N) is 3. The van der Waals surface area contributed by atoms with Crippen LogP contribution in [0.1, 0.15) is 50.8 Å². The van der Waals surface area contributed by atoms with Gasteiger partial charge in [0.2, 0.25) is 10.9 Å². The van der Waals surface area contributed by atoms with E-state index in [9.17, 15) is 9.59 Å². The van der Waals surface area contributed by atoms with Gasteiger partial charge in [-0.2, -0.15) is 0 Å². The number of rotatable bonds is 7. The highest BCUT2D eigenvalue weighted by atomic mass is 32.1. The van der Waals surface area contributed by atoms with E-state index >= 15 is 0 Å². The van der Waals surface area contributed by atoms with Gasteiger partial charge in [-0.25, -0.2) is 0 Å². The Balaban J connectivity index is 1.76. The molecular formula is C27H25N3O5S. The summed E-state index contributed by atoms with van der Waals surface area (Å²) in [6.07, 6.45) is 1.65. The fourth-order valence-electron chi connectivity index (χ4n) is 4.36. The summed E-state index contributed by atoms with van der Waals surface area (Å²) in [7, 11) is 0. The second kappa shape index (κ2) is 9.23. The van der Waals surface area contributed by atoms with Gasteiger partial charge in [-0.15, -0.1) is 10.2 Å². The Morgan fingerprint density at radius 3 is 2.56 bits per heavy atom. The lowest BCUT2D eigenvalue weighted by atomic mass is 9.97. The number of ether oxygens (including phenoxy) is 2. The number of fused-ring (bicyclic) bond motifs is 2. The van der Waals surface area contributed by atoms with Crippen LogP contribution < -0.4 is 19.8 Å². The van der Waals surface area contributed by atoms with Crippen molar-refractivity contribution < 1.29 is 18.7 Å². The number of anilines is 1. The molecule has 1 aliphatic rings. The molecule has 8 nitrogen and oxygen atoms in total. The molecular weight excluding hydrogens is 478 g/mol. The standard InChI is InChI=1S/C27H25N3O5S/c1-6-10-34-19-9-8-17(13-21(19)33-7-2)23-22-24(31)18-11-14(3)15(4)12-20(18)35-25(22)26(32)30(23)27-29-28-16(5)36-27/h6,8-9,11-13,23H,1,7,10H2,2-5H3. The molecule has 5 rings (SSSR count). The summed E-state index contributed by atoms with van der Waals surface area (Å²) in [6.45, 7) is 12.0. The average Bonchev–Trinajstić information content (AvgIpc) is 3.40. The second-order valence-electron chi connectivity index (χ2n) is 8.53. The van der Waals surface area contributed by atoms with E-state index in [-0.39, 0.29) is 16.8 Å². The van der Waals surface area contributed by atoms with Crippen LogP contribution in [0.25, 0.3) is 11.0 Å². The fraction of sp³-hybridized carbons (Fsp3) is 0.259. The molecule has 0 fully saturated rings. The molecule has 0 bridgehead atoms. The van der Waals surface area contributed by atoms with Gasteiger partial charge in [0.1, 0.15) is 17.2 Å². The number of hydrogen-bond donors (Lipinski definition) is 0. The van der Waals surface area contributed by atoms with Crippen LogP contribution in [0.4, 0.5) is 5.13 Å². The molecule has 1 amide bonds. The highest BCUT2D eigenvalue weighted by molar-refractivity contribution is 7.15. The number of aryl methyl sites for hydroxylation is 3. The topological polar surface area (TPSA) is 94.8 Å². The molecule has 1 atom stereocenters. The normalized spacial score (nSPS) is 14.8. The third-order valence-corrected chi connectivity index (χ3v) is 6.99. The number of amides is 1. The number of hydrogen-bond acceptors (Lipinski definition) is 8. The molecule has 0 aliphatic carbocycles. The smallest absolute Gasteiger partial charge is 0.297 e. The first kappa shape index (κ1) is 23.7. The third kappa shape index (κ3) is 3.85. The third-order valence-electron chi connectivity index (χ3n) is 6.15. The van der Waals surface area contributed by atoms with Crippen LogP contribution in [-0.2, 0) is 0 Å². The monoisotopic (exact) mass is 503 g/mol. The van der Waals surface area contributed by atoms with E-state index in [0.29, 0.717) is 51.4 Å². The summed E-state index contributed by atoms with van der Waals surface area (Å²) < 4.78 is 17.7. The van der Waals surface area contributed by atoms with E-state index in [4.69, 9.17) is 13.9 Å². The maximum atomic E-state index is 13.9. The molecule has 0 saturated heterocycles. The maximum Gasteiger partial charge on any atom is 0.297 e. The molecule has 184 valence electrons. The minimum absolute atomic E-state index is 0.0125. The number of carbonyl (C=O) groups is 1. The Kier molecular flexibility index (Phi) is 6.09. The average molecular weight is 504 g/mol. The van der Waals surface area contributed by atoms with Crippen LogP contribution in [0, 0.1) is 20.8 Å². The lowest BCUT2D eigenvalue weighted by molar-refractivity contribution is 0.0970. The van der Waals surface area contributed by atoms with Crippen molar-refractivity contribution in [1.29, 1.82) is 0 Å². The Labute approximate surface area is 211 Å². The van der Waals surface area contributed by atoms with Crippen molar-refractivity contribution in [2.75, 3.05) is 18.1 Å². The zero-order valence-electron chi connectivity index (χ0n) is 20.5. The van der Waals surface area contributed by atoms with Crippen LogP contribution in [0.2, 0.25) is 0 Å². The number of carbonyl (C=O) groups excluding carboxylic acids is 1. The van der Waals surface area contributed by atoms with E-state index in [1.54, 1.807) is 24.3 Å². The van der Waals surface area contributed by atoms with Crippen molar-refractivity contribution in [3.05, 3.63) is 86.2 Å². The van der Waals surface area contributed by atoms with Crippen LogP contribution in [0.3, 0.4) is 0 Å². The predicted molar refractivity (Wildman–Crippen MR) is 139 cm³/mol. The first-order chi connectivity index (χ1) is 17.3. The minimum atomic E-state index is -0.769. The second-order valence-corrected chi connectivity index (χ2v) is 9.69. The minimum Gasteiger partial charge on any atom is -0.490 e. The summed E-state index contributed by atoms with van der Waals surface area (Å²) >= 11 is 1.27. The van der Waals surface area contributed by atoms with E-state index in [1.165, 1.54) is 16.2 Å². The van der Waals surface area contributed by atoms with Crippen molar-refractivity contribution in [1.82, 2.24) is 10.2 Å². The first-order valence-electron chi connectivity index (χ1n) is 11.6. The lowest BCUT2D eigenvalue weighted by Crippen LogP contribution is -2.29. The molecule has 0 radical (unpaired) electrons. The summed E-state index contributed by atoms with van der Waals surface area (Å²) in [5.74, 6) is 0.620. The predicted octanol–water partition coefficient (Wildman–Crippen LogP) is 5.28. The van der Waals surface area contributed by atoms with Gasteiger partial charge in [0.15, 0.2) is 16.9 Å². The van der Waals surface area contributed by atoms with Gasteiger partial charge in [0.25, 0.3) is 5.91 Å². The zero-order chi connectivity index (χ0) is 25.6. The van der Waals surface area contributed by atoms with Gasteiger partial charge in [-0.1, -0.05) is 30.1 Å². The Morgan fingerprint density at radius 2 is 1.86 bits per heavy atom. The van der Waals surface area contributed by atoms with Gasteiger partial charge in [0.05, 0.1) is 23.6 Å². The Hall–Kier alpha value is -3.98. The van der Waals surface area contributed by atoms with Crippen molar-refractivity contribution in [3.8, 4) is 11.5 Å². The van der Waals surface area contributed by atoms with E-state index in [0.717, 1.165) is 11.1 Å². The van der Waals surface area contributed by atoms with Crippen LogP contribution in [-0.4, -0.2) is 29.3 Å². The van der Waals surface area contributed by atoms with Crippen molar-refractivity contribution in [2.24, 2.45) is 0 Å². The largest absolute Gasteiger partial charge is 0.490 e. The number of benzene rings is 2. The van der Waals surface area contributed by atoms with Gasteiger partial charge in [-0.3, -0.25) is 14.5 Å². The molecule has 9 heteroatoms. The molecule has 1 unspecified atom stereocenters. The number of aromatic nitrogens is 2. The quantitative estimate of drug-likeness (QED) is 0.317. The van der Waals surface area contributed by atoms with E-state index in [1.807, 2.05) is 39.8 Å². The molecule has 3 heterocycles. The van der Waals surface area contributed by atoms with Gasteiger partial charge >= 0.3 is 0 Å². The van der Waals surface area contributed by atoms with Crippen molar-refractivity contribution in [3.63, 3.8) is 0 Å². The molecule has 2 aromatic carbocycles. The molecule has 36 heavy (non-hydrogen) atoms. The van der Waals surface area contributed by atoms with E-state index in [2.05, 4.69) is 16.8 Å². The van der Waals surface area contributed by atoms with Crippen LogP contribution >= 0.6 is 11.3 Å². The molecule has 1 aliphatic heterocycles. The Morgan fingerprint density at radius 1 is 1.08 bits per heavy atom. The summed E-state index contributed by atoms with van der Waals surface area (Å²) in [5, 5.41) is 9.82. The molecule has 2 aromatic heterocycles. The van der Waals surface area contributed by atoms with Gasteiger partial charge in [0, 0.05) is 0 Å². The van der Waals surface area contributed by atoms with E-state index < -0.39 is 11.9 Å². The molecule has 0 N–H and O–H groups in total. The summed E-state index contributed by atoms with van der Waals surface area (Å²) in [6, 6.07) is 8.22. The van der Waals surface area contributed by atoms with Gasteiger partial charge in [-0.05, 0) is 68.7 Å². The van der Waals surface area contributed by atoms with Crippen molar-refractivity contribution >= 4 is 33.3 Å². The zero-order valence-corrected chi connectivity index (χ0v) is 21.3. The first-order valence-corrected chi connectivity index (χ1v) is 12.4. The molecule has 4 aromatic rings. The summed E-state index contributed by atoms with van der Waals surface area (Å²) in [4.78, 5) is 29.1. The maximum absolute atomic E-state index is 13.9. The van der Waals surface area contributed by atoms with Crippen LogP contribution in [0.15, 0.2) is 52.2 Å².